The molecule has 1 aliphatic rings. The van der Waals surface area contributed by atoms with Crippen molar-refractivity contribution in [3.63, 3.8) is 0 Å². The van der Waals surface area contributed by atoms with E-state index in [0.29, 0.717) is 17.4 Å². The van der Waals surface area contributed by atoms with Crippen LogP contribution in [0.15, 0.2) is 33.3 Å². The smallest absolute Gasteiger partial charge is 0.277 e. The third-order valence-corrected chi connectivity index (χ3v) is 14.6. The molecule has 0 atom stereocenters. The summed E-state index contributed by atoms with van der Waals surface area (Å²) in [5.41, 5.74) is 5.89. The van der Waals surface area contributed by atoms with Gasteiger partial charge in [0.15, 0.2) is 8.32 Å². The Hall–Kier alpha value is -1.44. The first kappa shape index (κ1) is 32.8. The van der Waals surface area contributed by atoms with Gasteiger partial charge in [-0.25, -0.2) is 4.83 Å². The summed E-state index contributed by atoms with van der Waals surface area (Å²) in [5, 5.41) is 4.75. The van der Waals surface area contributed by atoms with Gasteiger partial charge in [-0.1, -0.05) is 93.9 Å². The van der Waals surface area contributed by atoms with Crippen molar-refractivity contribution in [3.8, 4) is 0 Å². The van der Waals surface area contributed by atoms with Crippen LogP contribution in [0, 0.1) is 5.41 Å². The van der Waals surface area contributed by atoms with Crippen LogP contribution >= 0.6 is 0 Å². The molecule has 0 bridgehead atoms. The molecule has 1 N–H and O–H groups in total. The van der Waals surface area contributed by atoms with Gasteiger partial charge in [0.05, 0.1) is 11.5 Å². The van der Waals surface area contributed by atoms with E-state index in [1.54, 1.807) is 0 Å². The number of nitrogens with one attached hydrogen (secondary N) is 1. The number of rotatable bonds is 9. The largest absolute Gasteiger partial charge is 0.413 e. The first-order chi connectivity index (χ1) is 17.1. The van der Waals surface area contributed by atoms with E-state index in [2.05, 4.69) is 118 Å². The summed E-state index contributed by atoms with van der Waals surface area (Å²) in [6.45, 7) is 30.8. The van der Waals surface area contributed by atoms with Gasteiger partial charge < -0.3 is 4.43 Å². The molecule has 1 aromatic rings. The summed E-state index contributed by atoms with van der Waals surface area (Å²) < 4.78 is 34.4. The minimum absolute atomic E-state index is 0.0706. The predicted octanol–water partition coefficient (Wildman–Crippen LogP) is 8.85. The van der Waals surface area contributed by atoms with Crippen molar-refractivity contribution >= 4 is 24.1 Å². The van der Waals surface area contributed by atoms with Crippen molar-refractivity contribution in [2.75, 3.05) is 6.61 Å². The van der Waals surface area contributed by atoms with Gasteiger partial charge in [0, 0.05) is 11.1 Å². The van der Waals surface area contributed by atoms with Crippen LogP contribution in [0.4, 0.5) is 0 Å². The molecule has 7 heteroatoms. The minimum atomic E-state index is -3.87. The number of benzene rings is 1. The molecule has 0 saturated heterocycles. The van der Waals surface area contributed by atoms with Crippen LogP contribution in [0.2, 0.25) is 18.1 Å². The van der Waals surface area contributed by atoms with Crippen molar-refractivity contribution in [1.82, 2.24) is 4.83 Å². The zero-order chi connectivity index (χ0) is 29.4. The highest BCUT2D eigenvalue weighted by molar-refractivity contribution is 7.89. The van der Waals surface area contributed by atoms with E-state index in [-0.39, 0.29) is 16.9 Å². The average molecular weight is 563 g/mol. The number of sulfonamides is 1. The van der Waals surface area contributed by atoms with Crippen molar-refractivity contribution in [1.29, 1.82) is 0 Å². The fraction of sp³-hybridized carbons (Fsp3) is 0.710. The van der Waals surface area contributed by atoms with Gasteiger partial charge in [0.2, 0.25) is 0 Å². The Morgan fingerprint density at radius 1 is 0.974 bits per heavy atom. The summed E-state index contributed by atoms with van der Waals surface area (Å²) in [4.78, 5) is 3.06. The van der Waals surface area contributed by atoms with Crippen LogP contribution in [0.1, 0.15) is 130 Å². The second-order valence-electron chi connectivity index (χ2n) is 14.1. The molecular weight excluding hydrogens is 509 g/mol. The molecule has 0 spiro atoms. The number of hydrogen-bond donors (Lipinski definition) is 1. The maximum Gasteiger partial charge on any atom is 0.277 e. The van der Waals surface area contributed by atoms with Gasteiger partial charge in [0.25, 0.3) is 10.0 Å². The molecule has 0 fully saturated rings. The Morgan fingerprint density at radius 3 is 1.89 bits per heavy atom. The van der Waals surface area contributed by atoms with E-state index in [0.717, 1.165) is 29.7 Å². The second kappa shape index (κ2) is 11.6. The van der Waals surface area contributed by atoms with Crippen molar-refractivity contribution < 1.29 is 12.8 Å². The van der Waals surface area contributed by atoms with Crippen LogP contribution < -0.4 is 4.83 Å². The maximum absolute atomic E-state index is 13.9. The van der Waals surface area contributed by atoms with Gasteiger partial charge in [-0.2, -0.15) is 13.5 Å². The van der Waals surface area contributed by atoms with Gasteiger partial charge in [0.1, 0.15) is 0 Å². The van der Waals surface area contributed by atoms with Crippen molar-refractivity contribution in [2.24, 2.45) is 10.5 Å². The standard InChI is InChI=1S/C31H54N2O3SSi/c1-20(2)24-17-25(21(3)4)29(26(18-24)22(5)6)37(34,35)33-32-28-16-15-23(7)27(31(28,11)12)19-36-38(13,14)30(8,9)10/h17-18,20-22,33H,15-16,19H2,1-14H3/b32-28-. The molecule has 0 heterocycles. The fourth-order valence-corrected chi connectivity index (χ4v) is 7.28. The quantitative estimate of drug-likeness (QED) is 0.186. The monoisotopic (exact) mass is 562 g/mol. The Balaban J connectivity index is 2.49. The van der Waals surface area contributed by atoms with Crippen LogP contribution in [0.25, 0.3) is 0 Å². The molecule has 0 amide bonds. The predicted molar refractivity (Wildman–Crippen MR) is 165 cm³/mol. The van der Waals surface area contributed by atoms with Crippen LogP contribution in [-0.4, -0.2) is 29.1 Å². The van der Waals surface area contributed by atoms with Crippen LogP contribution in [0.5, 0.6) is 0 Å². The van der Waals surface area contributed by atoms with Gasteiger partial charge >= 0.3 is 0 Å². The lowest BCUT2D eigenvalue weighted by molar-refractivity contribution is 0.296. The van der Waals surface area contributed by atoms with Crippen LogP contribution in [-0.2, 0) is 14.4 Å². The highest BCUT2D eigenvalue weighted by Crippen LogP contribution is 2.42. The van der Waals surface area contributed by atoms with E-state index in [1.807, 2.05) is 0 Å². The first-order valence-corrected chi connectivity index (χ1v) is 18.6. The number of nitrogens with zero attached hydrogens (tertiary/aromatic N) is 1. The SMILES string of the molecule is CC1=C(CO[Si](C)(C)C(C)(C)C)C(C)(C)/C(=N\NS(=O)(=O)c2c(C(C)C)cc(C(C)C)cc2C(C)C)CC1. The van der Waals surface area contributed by atoms with Gasteiger partial charge in [-0.15, -0.1) is 0 Å². The van der Waals surface area contributed by atoms with Crippen LogP contribution in [0.3, 0.4) is 0 Å². The molecule has 38 heavy (non-hydrogen) atoms. The van der Waals surface area contributed by atoms with Crippen molar-refractivity contribution in [3.05, 3.63) is 40.0 Å². The minimum Gasteiger partial charge on any atom is -0.413 e. The number of allylic oxidation sites excluding steroid dienone is 1. The Labute approximate surface area is 235 Å². The molecule has 0 aromatic heterocycles. The number of hydrazone groups is 1. The molecule has 0 saturated carbocycles. The summed E-state index contributed by atoms with van der Waals surface area (Å²) in [5.74, 6) is 0.461. The zero-order valence-corrected chi connectivity index (χ0v) is 28.4. The Kier molecular flexibility index (Phi) is 9.98. The zero-order valence-electron chi connectivity index (χ0n) is 26.6. The van der Waals surface area contributed by atoms with Gasteiger partial charge in [-0.3, -0.25) is 0 Å². The summed E-state index contributed by atoms with van der Waals surface area (Å²) in [6.07, 6.45) is 1.59. The van der Waals surface area contributed by atoms with E-state index < -0.39 is 23.8 Å². The summed E-state index contributed by atoms with van der Waals surface area (Å²) in [7, 11) is -5.80. The maximum atomic E-state index is 13.9. The number of hydrogen-bond acceptors (Lipinski definition) is 4. The third kappa shape index (κ3) is 7.00. The highest BCUT2D eigenvalue weighted by atomic mass is 32.2. The first-order valence-electron chi connectivity index (χ1n) is 14.2. The average Bonchev–Trinajstić information content (AvgIpc) is 2.76. The molecular formula is C31H54N2O3SSi. The molecule has 0 aliphatic heterocycles. The van der Waals surface area contributed by atoms with E-state index in [9.17, 15) is 8.42 Å². The lowest BCUT2D eigenvalue weighted by Gasteiger charge is -2.40. The fourth-order valence-electron chi connectivity index (χ4n) is 4.81. The Bertz CT molecular complexity index is 1150. The topological polar surface area (TPSA) is 67.8 Å². The molecule has 0 unspecified atom stereocenters. The second-order valence-corrected chi connectivity index (χ2v) is 20.5. The van der Waals surface area contributed by atoms with Crippen molar-refractivity contribution in [2.45, 2.75) is 137 Å². The molecule has 2 rings (SSSR count). The Morgan fingerprint density at radius 2 is 1.47 bits per heavy atom. The lowest BCUT2D eigenvalue weighted by atomic mass is 9.71. The lowest BCUT2D eigenvalue weighted by Crippen LogP contribution is -2.43. The van der Waals surface area contributed by atoms with Gasteiger partial charge in [-0.05, 0) is 77.9 Å². The van der Waals surface area contributed by atoms with E-state index in [1.165, 1.54) is 16.7 Å². The molecule has 0 radical (unpaired) electrons. The molecule has 1 aromatic carbocycles. The van der Waals surface area contributed by atoms with E-state index in [4.69, 9.17) is 4.43 Å². The summed E-state index contributed by atoms with van der Waals surface area (Å²) >= 11 is 0. The highest BCUT2D eigenvalue weighted by Gasteiger charge is 2.40. The molecule has 216 valence electrons. The molecule has 5 nitrogen and oxygen atoms in total. The van der Waals surface area contributed by atoms with E-state index >= 15 is 0 Å². The molecule has 1 aliphatic carbocycles. The third-order valence-electron chi connectivity index (χ3n) is 8.76. The normalized spacial score (nSPS) is 18.3. The summed E-state index contributed by atoms with van der Waals surface area (Å²) in [6, 6.07) is 4.13.